The molecule has 9 heteroatoms. The second-order valence-electron chi connectivity index (χ2n) is 7.42. The highest BCUT2D eigenvalue weighted by Gasteiger charge is 2.21. The van der Waals surface area contributed by atoms with Gasteiger partial charge in [0.05, 0.1) is 22.4 Å². The highest BCUT2D eigenvalue weighted by Crippen LogP contribution is 2.23. The predicted molar refractivity (Wildman–Crippen MR) is 128 cm³/mol. The number of carbonyl (C=O) groups excluding carboxylic acids is 2. The fourth-order valence-electron chi connectivity index (χ4n) is 3.28. The first-order chi connectivity index (χ1) is 15.3. The fraction of sp³-hybridized carbons (Fsp3) is 0.304. The maximum absolute atomic E-state index is 12.6. The quantitative estimate of drug-likeness (QED) is 0.461. The molecule has 0 saturated carbocycles. The Morgan fingerprint density at radius 1 is 1.16 bits per heavy atom. The van der Waals surface area contributed by atoms with E-state index in [1.165, 1.54) is 11.8 Å². The third kappa shape index (κ3) is 5.69. The molecule has 2 amide bonds. The van der Waals surface area contributed by atoms with Crippen LogP contribution < -0.4 is 10.6 Å². The second kappa shape index (κ2) is 10.7. The normalized spacial score (nSPS) is 11.8. The van der Waals surface area contributed by atoms with Crippen molar-refractivity contribution < 1.29 is 9.59 Å². The fourth-order valence-corrected chi connectivity index (χ4v) is 4.31. The van der Waals surface area contributed by atoms with E-state index in [-0.39, 0.29) is 23.6 Å². The van der Waals surface area contributed by atoms with Gasteiger partial charge in [0.15, 0.2) is 11.0 Å². The Morgan fingerprint density at radius 2 is 1.91 bits per heavy atom. The molecule has 0 radical (unpaired) electrons. The van der Waals surface area contributed by atoms with Crippen molar-refractivity contribution in [2.45, 2.75) is 45.4 Å². The molecule has 0 unspecified atom stereocenters. The standard InChI is InChI=1S/C23H26ClN5O2S/c1-5-29-21(16(4)25-22(31)17-8-6-7-9-18(17)24)27-28-23(29)32-13-20(30)26-19-11-10-14(2)12-15(19)3/h6-12,16H,5,13H2,1-4H3,(H,25,31)(H,26,30)/t16-/m0/s1. The summed E-state index contributed by atoms with van der Waals surface area (Å²) in [5, 5.41) is 15.4. The van der Waals surface area contributed by atoms with Gasteiger partial charge in [-0.05, 0) is 51.5 Å². The highest BCUT2D eigenvalue weighted by molar-refractivity contribution is 7.99. The second-order valence-corrected chi connectivity index (χ2v) is 8.76. The van der Waals surface area contributed by atoms with Crippen molar-refractivity contribution in [3.05, 3.63) is 70.0 Å². The Kier molecular flexibility index (Phi) is 7.93. The lowest BCUT2D eigenvalue weighted by atomic mass is 10.1. The minimum atomic E-state index is -0.385. The molecule has 3 aromatic rings. The van der Waals surface area contributed by atoms with E-state index in [2.05, 4.69) is 20.8 Å². The zero-order valence-corrected chi connectivity index (χ0v) is 20.0. The minimum Gasteiger partial charge on any atom is -0.342 e. The Bertz CT molecular complexity index is 1130. The first-order valence-electron chi connectivity index (χ1n) is 10.3. The van der Waals surface area contributed by atoms with Gasteiger partial charge in [0.25, 0.3) is 5.91 Å². The van der Waals surface area contributed by atoms with Crippen LogP contribution in [0.3, 0.4) is 0 Å². The van der Waals surface area contributed by atoms with Crippen LogP contribution in [-0.4, -0.2) is 32.3 Å². The number of aromatic nitrogens is 3. The molecular formula is C23H26ClN5O2S. The van der Waals surface area contributed by atoms with Gasteiger partial charge in [-0.2, -0.15) is 0 Å². The lowest BCUT2D eigenvalue weighted by Gasteiger charge is -2.15. The van der Waals surface area contributed by atoms with E-state index in [9.17, 15) is 9.59 Å². The van der Waals surface area contributed by atoms with Gasteiger partial charge in [-0.1, -0.05) is 53.2 Å². The molecule has 32 heavy (non-hydrogen) atoms. The Hall–Kier alpha value is -2.84. The third-order valence-corrected chi connectivity index (χ3v) is 6.20. The van der Waals surface area contributed by atoms with E-state index in [4.69, 9.17) is 11.6 Å². The largest absolute Gasteiger partial charge is 0.342 e. The molecule has 2 aromatic carbocycles. The zero-order valence-electron chi connectivity index (χ0n) is 18.5. The van der Waals surface area contributed by atoms with Gasteiger partial charge in [-0.3, -0.25) is 9.59 Å². The monoisotopic (exact) mass is 471 g/mol. The molecule has 7 nitrogen and oxygen atoms in total. The molecule has 1 aromatic heterocycles. The molecule has 0 bridgehead atoms. The first kappa shape index (κ1) is 23.8. The number of carbonyl (C=O) groups is 2. The molecule has 0 aliphatic rings. The van der Waals surface area contributed by atoms with Crippen molar-refractivity contribution >= 4 is 40.9 Å². The van der Waals surface area contributed by atoms with E-state index in [1.807, 2.05) is 50.5 Å². The molecule has 3 rings (SSSR count). The molecule has 0 aliphatic carbocycles. The van der Waals surface area contributed by atoms with Crippen molar-refractivity contribution in [2.24, 2.45) is 0 Å². The summed E-state index contributed by atoms with van der Waals surface area (Å²) in [6, 6.07) is 12.4. The Balaban J connectivity index is 1.64. The summed E-state index contributed by atoms with van der Waals surface area (Å²) in [6.07, 6.45) is 0. The van der Waals surface area contributed by atoms with Gasteiger partial charge in [-0.25, -0.2) is 0 Å². The van der Waals surface area contributed by atoms with E-state index in [1.54, 1.807) is 24.3 Å². The number of nitrogens with one attached hydrogen (secondary N) is 2. The predicted octanol–water partition coefficient (Wildman–Crippen LogP) is 4.79. The van der Waals surface area contributed by atoms with Crippen LogP contribution >= 0.6 is 23.4 Å². The van der Waals surface area contributed by atoms with Gasteiger partial charge in [0, 0.05) is 12.2 Å². The van der Waals surface area contributed by atoms with Crippen LogP contribution in [0.4, 0.5) is 5.69 Å². The molecule has 0 fully saturated rings. The Labute approximate surface area is 197 Å². The van der Waals surface area contributed by atoms with Gasteiger partial charge in [0.2, 0.25) is 5.91 Å². The molecule has 0 spiro atoms. The number of nitrogens with zero attached hydrogens (tertiary/aromatic N) is 3. The van der Waals surface area contributed by atoms with Gasteiger partial charge in [-0.15, -0.1) is 10.2 Å². The van der Waals surface area contributed by atoms with Crippen molar-refractivity contribution in [3.8, 4) is 0 Å². The average molecular weight is 472 g/mol. The number of thioether (sulfide) groups is 1. The first-order valence-corrected chi connectivity index (χ1v) is 11.6. The van der Waals surface area contributed by atoms with E-state index >= 15 is 0 Å². The maximum Gasteiger partial charge on any atom is 0.253 e. The van der Waals surface area contributed by atoms with Crippen LogP contribution in [0.15, 0.2) is 47.6 Å². The summed E-state index contributed by atoms with van der Waals surface area (Å²) in [7, 11) is 0. The number of anilines is 1. The summed E-state index contributed by atoms with van der Waals surface area (Å²) in [5.74, 6) is 0.418. The lowest BCUT2D eigenvalue weighted by molar-refractivity contribution is -0.113. The van der Waals surface area contributed by atoms with E-state index in [0.717, 1.165) is 16.8 Å². The number of benzene rings is 2. The molecule has 1 atom stereocenters. The smallest absolute Gasteiger partial charge is 0.253 e. The molecule has 0 saturated heterocycles. The number of amides is 2. The third-order valence-electron chi connectivity index (χ3n) is 4.90. The molecule has 1 heterocycles. The molecule has 168 valence electrons. The van der Waals surface area contributed by atoms with Crippen LogP contribution in [0.5, 0.6) is 0 Å². The summed E-state index contributed by atoms with van der Waals surface area (Å²) >= 11 is 7.43. The van der Waals surface area contributed by atoms with E-state index < -0.39 is 0 Å². The highest BCUT2D eigenvalue weighted by atomic mass is 35.5. The summed E-state index contributed by atoms with van der Waals surface area (Å²) in [6.45, 7) is 8.40. The number of hydrogen-bond acceptors (Lipinski definition) is 5. The van der Waals surface area contributed by atoms with Crippen LogP contribution in [0.25, 0.3) is 0 Å². The van der Waals surface area contributed by atoms with Crippen LogP contribution in [0, 0.1) is 13.8 Å². The number of hydrogen-bond donors (Lipinski definition) is 2. The van der Waals surface area contributed by atoms with Crippen molar-refractivity contribution in [3.63, 3.8) is 0 Å². The topological polar surface area (TPSA) is 88.9 Å². The lowest BCUT2D eigenvalue weighted by Crippen LogP contribution is -2.29. The van der Waals surface area contributed by atoms with Crippen molar-refractivity contribution in [1.29, 1.82) is 0 Å². The Morgan fingerprint density at radius 3 is 2.59 bits per heavy atom. The summed E-state index contributed by atoms with van der Waals surface area (Å²) < 4.78 is 1.90. The van der Waals surface area contributed by atoms with Gasteiger partial charge >= 0.3 is 0 Å². The summed E-state index contributed by atoms with van der Waals surface area (Å²) in [5.41, 5.74) is 3.37. The van der Waals surface area contributed by atoms with E-state index in [0.29, 0.717) is 28.1 Å². The molecule has 0 aliphatic heterocycles. The molecular weight excluding hydrogens is 446 g/mol. The number of rotatable bonds is 8. The van der Waals surface area contributed by atoms with Crippen LogP contribution in [0.1, 0.15) is 47.2 Å². The van der Waals surface area contributed by atoms with Gasteiger partial charge in [0.1, 0.15) is 0 Å². The minimum absolute atomic E-state index is 0.116. The SMILES string of the molecule is CCn1c(SCC(=O)Nc2ccc(C)cc2C)nnc1[C@H](C)NC(=O)c1ccccc1Cl. The van der Waals surface area contributed by atoms with Crippen molar-refractivity contribution in [1.82, 2.24) is 20.1 Å². The van der Waals surface area contributed by atoms with Gasteiger partial charge < -0.3 is 15.2 Å². The summed E-state index contributed by atoms with van der Waals surface area (Å²) in [4.78, 5) is 25.0. The number of aryl methyl sites for hydroxylation is 2. The zero-order chi connectivity index (χ0) is 23.3. The van der Waals surface area contributed by atoms with Crippen molar-refractivity contribution in [2.75, 3.05) is 11.1 Å². The maximum atomic E-state index is 12.6. The molecule has 2 N–H and O–H groups in total. The number of halogens is 1. The average Bonchev–Trinajstić information content (AvgIpc) is 3.17. The van der Waals surface area contributed by atoms with Crippen LogP contribution in [-0.2, 0) is 11.3 Å². The van der Waals surface area contributed by atoms with Crippen LogP contribution in [0.2, 0.25) is 5.02 Å².